The van der Waals surface area contributed by atoms with Gasteiger partial charge in [-0.05, 0) is 48.9 Å². The van der Waals surface area contributed by atoms with E-state index in [1.54, 1.807) is 4.90 Å². The lowest BCUT2D eigenvalue weighted by atomic mass is 9.81. The summed E-state index contributed by atoms with van der Waals surface area (Å²) in [6, 6.07) is 5.26. The molecule has 8 heteroatoms. The van der Waals surface area contributed by atoms with Crippen molar-refractivity contribution < 1.29 is 28.8 Å². The van der Waals surface area contributed by atoms with E-state index in [9.17, 15) is 23.9 Å². The van der Waals surface area contributed by atoms with Crippen molar-refractivity contribution in [3.63, 3.8) is 0 Å². The molecular formula is C21H28FN3O4. The molecule has 2 aliphatic rings. The van der Waals surface area contributed by atoms with Gasteiger partial charge in [-0.3, -0.25) is 9.59 Å². The molecule has 1 unspecified atom stereocenters. The average molecular weight is 405 g/mol. The van der Waals surface area contributed by atoms with Crippen LogP contribution in [0.4, 0.5) is 4.39 Å². The SMILES string of the molecule is NC(=O)[C@@H]1CCC[NH+]1CC[C@H]1CN(C(=O)c2ccc(F)cc2)CC[C@H]1CC(=O)[O-]. The number of hydrogen-bond donors (Lipinski definition) is 2. The number of carboxylic acid groups (broad SMARTS) is 1. The van der Waals surface area contributed by atoms with Crippen molar-refractivity contribution in [1.29, 1.82) is 0 Å². The number of carbonyl (C=O) groups excluding carboxylic acids is 3. The van der Waals surface area contributed by atoms with Crippen molar-refractivity contribution >= 4 is 17.8 Å². The van der Waals surface area contributed by atoms with Gasteiger partial charge in [0.2, 0.25) is 0 Å². The lowest BCUT2D eigenvalue weighted by molar-refractivity contribution is -0.903. The van der Waals surface area contributed by atoms with Crippen molar-refractivity contribution in [2.75, 3.05) is 26.2 Å². The van der Waals surface area contributed by atoms with Crippen LogP contribution in [-0.4, -0.2) is 54.9 Å². The van der Waals surface area contributed by atoms with Crippen LogP contribution < -0.4 is 15.7 Å². The quantitative estimate of drug-likeness (QED) is 0.605. The third-order valence-corrected chi connectivity index (χ3v) is 6.36. The van der Waals surface area contributed by atoms with E-state index in [-0.39, 0.29) is 36.1 Å². The van der Waals surface area contributed by atoms with Gasteiger partial charge in [0.1, 0.15) is 5.82 Å². The predicted molar refractivity (Wildman–Crippen MR) is 101 cm³/mol. The summed E-state index contributed by atoms with van der Waals surface area (Å²) in [5.74, 6) is -2.00. The highest BCUT2D eigenvalue weighted by molar-refractivity contribution is 5.94. The minimum absolute atomic E-state index is 0.00711. The molecule has 158 valence electrons. The average Bonchev–Trinajstić information content (AvgIpc) is 3.16. The van der Waals surface area contributed by atoms with Crippen LogP contribution in [0.1, 0.15) is 42.5 Å². The van der Waals surface area contributed by atoms with Gasteiger partial charge >= 0.3 is 0 Å². The van der Waals surface area contributed by atoms with Gasteiger partial charge in [-0.1, -0.05) is 0 Å². The highest BCUT2D eigenvalue weighted by Gasteiger charge is 2.36. The summed E-state index contributed by atoms with van der Waals surface area (Å²) < 4.78 is 13.1. The maximum absolute atomic E-state index is 13.1. The summed E-state index contributed by atoms with van der Waals surface area (Å²) in [5, 5.41) is 11.2. The van der Waals surface area contributed by atoms with E-state index in [1.165, 1.54) is 24.3 Å². The standard InChI is InChI=1S/C21H28FN3O4/c22-17-5-3-14(4-6-17)21(29)25-11-7-15(12-19(26)27)16(13-25)8-10-24-9-1-2-18(24)20(23)28/h3-6,15-16,18H,1-2,7-13H2,(H2,23,28)(H,26,27)/t15-,16-,18-/m0/s1. The fourth-order valence-electron chi connectivity index (χ4n) is 4.78. The maximum atomic E-state index is 13.1. The van der Waals surface area contributed by atoms with Crippen LogP contribution in [0.5, 0.6) is 0 Å². The lowest BCUT2D eigenvalue weighted by Gasteiger charge is -2.39. The molecule has 1 aromatic rings. The Hall–Kier alpha value is -2.48. The van der Waals surface area contributed by atoms with Crippen molar-refractivity contribution in [2.24, 2.45) is 17.6 Å². The molecule has 29 heavy (non-hydrogen) atoms. The van der Waals surface area contributed by atoms with Gasteiger partial charge in [0.15, 0.2) is 6.04 Å². The number of nitrogens with two attached hydrogens (primary N) is 1. The van der Waals surface area contributed by atoms with Crippen LogP contribution in [0.25, 0.3) is 0 Å². The molecule has 7 nitrogen and oxygen atoms in total. The van der Waals surface area contributed by atoms with Gasteiger partial charge in [0, 0.05) is 43.9 Å². The molecule has 2 aliphatic heterocycles. The molecule has 0 bridgehead atoms. The molecule has 0 spiro atoms. The van der Waals surface area contributed by atoms with E-state index in [0.29, 0.717) is 31.5 Å². The first kappa shape index (κ1) is 21.2. The smallest absolute Gasteiger partial charge is 0.275 e. The number of piperidine rings is 1. The molecule has 2 saturated heterocycles. The summed E-state index contributed by atoms with van der Waals surface area (Å²) in [4.78, 5) is 38.5. The van der Waals surface area contributed by atoms with Crippen molar-refractivity contribution in [1.82, 2.24) is 4.90 Å². The van der Waals surface area contributed by atoms with Gasteiger partial charge in [-0.15, -0.1) is 0 Å². The lowest BCUT2D eigenvalue weighted by Crippen LogP contribution is -3.15. The Bertz CT molecular complexity index is 755. The number of nitrogens with one attached hydrogen (secondary N) is 1. The molecule has 2 amide bonds. The van der Waals surface area contributed by atoms with E-state index < -0.39 is 11.8 Å². The van der Waals surface area contributed by atoms with E-state index in [1.807, 2.05) is 0 Å². The fourth-order valence-corrected chi connectivity index (χ4v) is 4.78. The number of carboxylic acids is 1. The van der Waals surface area contributed by atoms with Crippen molar-refractivity contribution in [3.05, 3.63) is 35.6 Å². The molecule has 3 rings (SSSR count). The molecule has 2 heterocycles. The zero-order valence-electron chi connectivity index (χ0n) is 16.4. The topological polar surface area (TPSA) is 108 Å². The summed E-state index contributed by atoms with van der Waals surface area (Å²) in [7, 11) is 0. The van der Waals surface area contributed by atoms with Gasteiger partial charge in [-0.25, -0.2) is 4.39 Å². The highest BCUT2D eigenvalue weighted by Crippen LogP contribution is 2.29. The summed E-state index contributed by atoms with van der Waals surface area (Å²) in [5.41, 5.74) is 5.92. The van der Waals surface area contributed by atoms with E-state index in [0.717, 1.165) is 30.8 Å². The molecule has 2 fully saturated rings. The maximum Gasteiger partial charge on any atom is 0.275 e. The minimum Gasteiger partial charge on any atom is -0.550 e. The Morgan fingerprint density at radius 3 is 2.55 bits per heavy atom. The zero-order valence-corrected chi connectivity index (χ0v) is 16.4. The molecule has 4 atom stereocenters. The van der Waals surface area contributed by atoms with Gasteiger partial charge in [0.05, 0.1) is 13.1 Å². The number of amides is 2. The second-order valence-electron chi connectivity index (χ2n) is 8.19. The molecule has 3 N–H and O–H groups in total. The first-order valence-electron chi connectivity index (χ1n) is 10.2. The van der Waals surface area contributed by atoms with E-state index in [4.69, 9.17) is 5.73 Å². The van der Waals surface area contributed by atoms with E-state index in [2.05, 4.69) is 0 Å². The number of halogens is 1. The largest absolute Gasteiger partial charge is 0.550 e. The van der Waals surface area contributed by atoms with Crippen molar-refractivity contribution in [3.8, 4) is 0 Å². The summed E-state index contributed by atoms with van der Waals surface area (Å²) in [6.45, 7) is 2.51. The number of likely N-dealkylation sites (tertiary alicyclic amines) is 2. The number of nitrogens with zero attached hydrogens (tertiary/aromatic N) is 1. The first-order valence-corrected chi connectivity index (χ1v) is 10.2. The normalized spacial score (nSPS) is 27.0. The van der Waals surface area contributed by atoms with E-state index >= 15 is 0 Å². The molecular weight excluding hydrogens is 377 g/mol. The second-order valence-corrected chi connectivity index (χ2v) is 8.19. The number of rotatable bonds is 7. The minimum atomic E-state index is -1.08. The predicted octanol–water partition coefficient (Wildman–Crippen LogP) is -1.03. The Balaban J connectivity index is 1.66. The van der Waals surface area contributed by atoms with Crippen LogP contribution in [0.2, 0.25) is 0 Å². The van der Waals surface area contributed by atoms with Crippen LogP contribution in [0, 0.1) is 17.7 Å². The van der Waals surface area contributed by atoms with Gasteiger partial charge < -0.3 is 25.4 Å². The monoisotopic (exact) mass is 405 g/mol. The highest BCUT2D eigenvalue weighted by atomic mass is 19.1. The van der Waals surface area contributed by atoms with Crippen LogP contribution in [0.3, 0.4) is 0 Å². The number of carbonyl (C=O) groups is 3. The summed E-state index contributed by atoms with van der Waals surface area (Å²) in [6.07, 6.45) is 3.00. The van der Waals surface area contributed by atoms with Gasteiger partial charge in [0.25, 0.3) is 11.8 Å². The van der Waals surface area contributed by atoms with Crippen LogP contribution >= 0.6 is 0 Å². The Kier molecular flexibility index (Phi) is 6.84. The molecule has 0 radical (unpaired) electrons. The molecule has 0 saturated carbocycles. The zero-order chi connectivity index (χ0) is 21.0. The number of aliphatic carboxylic acids is 1. The van der Waals surface area contributed by atoms with Crippen LogP contribution in [-0.2, 0) is 9.59 Å². The Morgan fingerprint density at radius 2 is 1.90 bits per heavy atom. The first-order chi connectivity index (χ1) is 13.8. The number of benzene rings is 1. The second kappa shape index (κ2) is 9.35. The number of hydrogen-bond acceptors (Lipinski definition) is 4. The van der Waals surface area contributed by atoms with Gasteiger partial charge in [-0.2, -0.15) is 0 Å². The Morgan fingerprint density at radius 1 is 1.17 bits per heavy atom. The number of quaternary nitrogens is 1. The van der Waals surface area contributed by atoms with Crippen LogP contribution in [0.15, 0.2) is 24.3 Å². The third kappa shape index (κ3) is 5.32. The van der Waals surface area contributed by atoms with Crippen molar-refractivity contribution in [2.45, 2.75) is 38.1 Å². The summed E-state index contributed by atoms with van der Waals surface area (Å²) >= 11 is 0. The third-order valence-electron chi connectivity index (χ3n) is 6.36. The molecule has 0 aliphatic carbocycles. The molecule has 0 aromatic heterocycles. The Labute approximate surface area is 169 Å². The number of primary amides is 1. The molecule has 1 aromatic carbocycles. The fraction of sp³-hybridized carbons (Fsp3) is 0.571.